The van der Waals surface area contributed by atoms with Gasteiger partial charge in [0.1, 0.15) is 5.82 Å². The monoisotopic (exact) mass is 362 g/mol. The fourth-order valence-electron chi connectivity index (χ4n) is 3.88. The van der Waals surface area contributed by atoms with Crippen molar-refractivity contribution in [3.05, 3.63) is 60.3 Å². The van der Waals surface area contributed by atoms with Gasteiger partial charge in [-0.05, 0) is 42.2 Å². The average molecular weight is 362 g/mol. The summed E-state index contributed by atoms with van der Waals surface area (Å²) in [5, 5.41) is 13.2. The lowest BCUT2D eigenvalue weighted by Crippen LogP contribution is -2.31. The maximum atomic E-state index is 12.4. The van der Waals surface area contributed by atoms with Crippen LogP contribution in [0.1, 0.15) is 50.3 Å². The molecule has 2 N–H and O–H groups in total. The third kappa shape index (κ3) is 4.03. The van der Waals surface area contributed by atoms with Crippen LogP contribution in [-0.2, 0) is 4.79 Å². The Kier molecular flexibility index (Phi) is 5.21. The van der Waals surface area contributed by atoms with Gasteiger partial charge in [0.05, 0.1) is 18.8 Å². The van der Waals surface area contributed by atoms with Crippen molar-refractivity contribution in [2.45, 2.75) is 44.7 Å². The standard InChI is InChI=1S/C22H26N4O/c1-16(18-11-10-17-6-2-3-7-19(17)14-18)23-15-22(27)25-21-12-13-24-26(21)20-8-4-5-9-20/h2-3,6-7,10-14,16,20,23H,4-5,8-9,15H2,1H3,(H,25,27)/t16-/m1/s1. The van der Waals surface area contributed by atoms with Crippen LogP contribution in [0.15, 0.2) is 54.7 Å². The van der Waals surface area contributed by atoms with Gasteiger partial charge < -0.3 is 10.6 Å². The Morgan fingerprint density at radius 1 is 1.15 bits per heavy atom. The Bertz CT molecular complexity index is 927. The van der Waals surface area contributed by atoms with Gasteiger partial charge in [-0.15, -0.1) is 0 Å². The zero-order valence-corrected chi connectivity index (χ0v) is 15.7. The Hall–Kier alpha value is -2.66. The lowest BCUT2D eigenvalue weighted by Gasteiger charge is -2.17. The van der Waals surface area contributed by atoms with E-state index in [4.69, 9.17) is 0 Å². The Balaban J connectivity index is 1.35. The Labute approximate surface area is 159 Å². The molecule has 0 aliphatic heterocycles. The first kappa shape index (κ1) is 17.7. The molecule has 0 spiro atoms. The van der Waals surface area contributed by atoms with Gasteiger partial charge in [0.2, 0.25) is 5.91 Å². The second kappa shape index (κ2) is 7.92. The highest BCUT2D eigenvalue weighted by Crippen LogP contribution is 2.31. The van der Waals surface area contributed by atoms with Crippen LogP contribution >= 0.6 is 0 Å². The molecule has 1 aliphatic carbocycles. The summed E-state index contributed by atoms with van der Waals surface area (Å²) in [6.45, 7) is 2.35. The van der Waals surface area contributed by atoms with Crippen molar-refractivity contribution >= 4 is 22.5 Å². The molecular formula is C22H26N4O. The average Bonchev–Trinajstić information content (AvgIpc) is 3.37. The lowest BCUT2D eigenvalue weighted by molar-refractivity contribution is -0.115. The van der Waals surface area contributed by atoms with Gasteiger partial charge in [-0.3, -0.25) is 4.79 Å². The highest BCUT2D eigenvalue weighted by atomic mass is 16.2. The molecule has 1 aliphatic rings. The van der Waals surface area contributed by atoms with Gasteiger partial charge in [0.15, 0.2) is 0 Å². The summed E-state index contributed by atoms with van der Waals surface area (Å²) in [5.74, 6) is 0.759. The molecule has 1 fully saturated rings. The van der Waals surface area contributed by atoms with E-state index in [1.165, 1.54) is 29.2 Å². The summed E-state index contributed by atoms with van der Waals surface area (Å²) in [4.78, 5) is 12.4. The van der Waals surface area contributed by atoms with Crippen LogP contribution in [0.2, 0.25) is 0 Å². The van der Waals surface area contributed by atoms with Gasteiger partial charge in [0, 0.05) is 12.1 Å². The number of nitrogens with zero attached hydrogens (tertiary/aromatic N) is 2. The number of hydrogen-bond donors (Lipinski definition) is 2. The predicted molar refractivity (Wildman–Crippen MR) is 109 cm³/mol. The van der Waals surface area contributed by atoms with Crippen LogP contribution < -0.4 is 10.6 Å². The van der Waals surface area contributed by atoms with Gasteiger partial charge in [-0.1, -0.05) is 49.2 Å². The number of aromatic nitrogens is 2. The SMILES string of the molecule is C[C@@H](NCC(=O)Nc1ccnn1C1CCCC1)c1ccc2ccccc2c1. The van der Waals surface area contributed by atoms with Crippen molar-refractivity contribution in [3.8, 4) is 0 Å². The van der Waals surface area contributed by atoms with Crippen molar-refractivity contribution in [2.75, 3.05) is 11.9 Å². The highest BCUT2D eigenvalue weighted by molar-refractivity contribution is 5.91. The Morgan fingerprint density at radius 2 is 1.93 bits per heavy atom. The minimum Gasteiger partial charge on any atom is -0.310 e. The van der Waals surface area contributed by atoms with E-state index in [0.717, 1.165) is 18.7 Å². The zero-order valence-electron chi connectivity index (χ0n) is 15.7. The van der Waals surface area contributed by atoms with Gasteiger partial charge in [0.25, 0.3) is 0 Å². The normalized spacial score (nSPS) is 15.9. The van der Waals surface area contributed by atoms with Gasteiger partial charge in [-0.2, -0.15) is 5.10 Å². The summed E-state index contributed by atoms with van der Waals surface area (Å²) in [5.41, 5.74) is 1.18. The van der Waals surface area contributed by atoms with Crippen molar-refractivity contribution in [1.82, 2.24) is 15.1 Å². The van der Waals surface area contributed by atoms with Crippen molar-refractivity contribution < 1.29 is 4.79 Å². The molecule has 5 heteroatoms. The molecule has 140 valence electrons. The van der Waals surface area contributed by atoms with E-state index in [0.29, 0.717) is 6.04 Å². The van der Waals surface area contributed by atoms with Crippen molar-refractivity contribution in [1.29, 1.82) is 0 Å². The summed E-state index contributed by atoms with van der Waals surface area (Å²) >= 11 is 0. The number of carbonyl (C=O) groups is 1. The topological polar surface area (TPSA) is 59.0 Å². The fourth-order valence-corrected chi connectivity index (χ4v) is 3.88. The summed E-state index contributed by atoms with van der Waals surface area (Å²) < 4.78 is 1.97. The maximum Gasteiger partial charge on any atom is 0.239 e. The van der Waals surface area contributed by atoms with Gasteiger partial charge >= 0.3 is 0 Å². The third-order valence-corrected chi connectivity index (χ3v) is 5.45. The first-order chi connectivity index (χ1) is 13.2. The largest absolute Gasteiger partial charge is 0.310 e. The Morgan fingerprint density at radius 3 is 2.74 bits per heavy atom. The van der Waals surface area contributed by atoms with Gasteiger partial charge in [-0.25, -0.2) is 4.68 Å². The van der Waals surface area contributed by atoms with Crippen LogP contribution in [0, 0.1) is 0 Å². The number of nitrogens with one attached hydrogen (secondary N) is 2. The van der Waals surface area contributed by atoms with E-state index in [2.05, 4.69) is 53.0 Å². The van der Waals surface area contributed by atoms with Crippen LogP contribution in [0.5, 0.6) is 0 Å². The summed E-state index contributed by atoms with van der Waals surface area (Å²) in [6.07, 6.45) is 6.52. The molecule has 0 bridgehead atoms. The molecule has 0 saturated heterocycles. The summed E-state index contributed by atoms with van der Waals surface area (Å²) in [7, 11) is 0. The number of benzene rings is 2. The van der Waals surface area contributed by atoms with E-state index in [-0.39, 0.29) is 18.5 Å². The minimum absolute atomic E-state index is 0.0395. The number of rotatable bonds is 6. The first-order valence-electron chi connectivity index (χ1n) is 9.76. The van der Waals surface area contributed by atoms with Crippen LogP contribution in [0.3, 0.4) is 0 Å². The molecule has 1 heterocycles. The van der Waals surface area contributed by atoms with E-state index < -0.39 is 0 Å². The first-order valence-corrected chi connectivity index (χ1v) is 9.76. The maximum absolute atomic E-state index is 12.4. The molecule has 3 aromatic rings. The molecule has 2 aromatic carbocycles. The number of carbonyl (C=O) groups excluding carboxylic acids is 1. The molecule has 27 heavy (non-hydrogen) atoms. The lowest BCUT2D eigenvalue weighted by atomic mass is 10.0. The second-order valence-electron chi connectivity index (χ2n) is 7.36. The minimum atomic E-state index is -0.0395. The van der Waals surface area contributed by atoms with E-state index in [9.17, 15) is 4.79 Å². The molecule has 1 atom stereocenters. The van der Waals surface area contributed by atoms with E-state index >= 15 is 0 Å². The zero-order chi connectivity index (χ0) is 18.6. The molecule has 1 saturated carbocycles. The number of fused-ring (bicyclic) bond motifs is 1. The van der Waals surface area contributed by atoms with Crippen LogP contribution in [0.4, 0.5) is 5.82 Å². The van der Waals surface area contributed by atoms with Crippen molar-refractivity contribution in [2.24, 2.45) is 0 Å². The molecular weight excluding hydrogens is 336 g/mol. The van der Waals surface area contributed by atoms with Crippen LogP contribution in [0.25, 0.3) is 10.8 Å². The quantitative estimate of drug-likeness (QED) is 0.681. The fraction of sp³-hybridized carbons (Fsp3) is 0.364. The molecule has 0 radical (unpaired) electrons. The second-order valence-corrected chi connectivity index (χ2v) is 7.36. The highest BCUT2D eigenvalue weighted by Gasteiger charge is 2.20. The number of anilines is 1. The van der Waals surface area contributed by atoms with E-state index in [1.54, 1.807) is 6.20 Å². The third-order valence-electron chi connectivity index (χ3n) is 5.45. The molecule has 1 amide bonds. The van der Waals surface area contributed by atoms with Crippen LogP contribution in [-0.4, -0.2) is 22.2 Å². The smallest absolute Gasteiger partial charge is 0.239 e. The predicted octanol–water partition coefficient (Wildman–Crippen LogP) is 4.44. The van der Waals surface area contributed by atoms with E-state index in [1.807, 2.05) is 22.9 Å². The number of hydrogen-bond acceptors (Lipinski definition) is 3. The molecule has 5 nitrogen and oxygen atoms in total. The molecule has 1 aromatic heterocycles. The molecule has 4 rings (SSSR count). The molecule has 0 unspecified atom stereocenters. The summed E-state index contributed by atoms with van der Waals surface area (Å²) in [6, 6.07) is 17.1. The van der Waals surface area contributed by atoms with Crippen molar-refractivity contribution in [3.63, 3.8) is 0 Å². The number of amides is 1.